The molecule has 0 spiro atoms. The van der Waals surface area contributed by atoms with Gasteiger partial charge in [-0.15, -0.1) is 0 Å². The van der Waals surface area contributed by atoms with Gasteiger partial charge in [-0.3, -0.25) is 9.69 Å². The molecule has 0 bridgehead atoms. The van der Waals surface area contributed by atoms with E-state index in [0.29, 0.717) is 31.5 Å². The lowest BCUT2D eigenvalue weighted by Crippen LogP contribution is -2.57. The molecule has 3 heterocycles. The van der Waals surface area contributed by atoms with Gasteiger partial charge in [0.1, 0.15) is 12.6 Å². The molecule has 9 heteroatoms. The zero-order chi connectivity index (χ0) is 23.0. The molecule has 0 aliphatic carbocycles. The van der Waals surface area contributed by atoms with Gasteiger partial charge in [0, 0.05) is 39.3 Å². The topological polar surface area (TPSA) is 97.1 Å². The minimum atomic E-state index is -0.482. The fourth-order valence-electron chi connectivity index (χ4n) is 4.48. The Labute approximate surface area is 194 Å². The third-order valence-electron chi connectivity index (χ3n) is 6.27. The van der Waals surface area contributed by atoms with Gasteiger partial charge >= 0.3 is 11.9 Å². The molecule has 2 saturated heterocycles. The van der Waals surface area contributed by atoms with Crippen LogP contribution in [0.15, 0.2) is 41.1 Å². The number of nitrogens with one attached hydrogen (secondary N) is 1. The lowest BCUT2D eigenvalue weighted by Gasteiger charge is -2.39. The smallest absolute Gasteiger partial charge is 0.378 e. The molecular formula is C24H32N4O5. The number of benzene rings is 1. The van der Waals surface area contributed by atoms with E-state index in [-0.39, 0.29) is 17.8 Å². The monoisotopic (exact) mass is 456 g/mol. The third-order valence-corrected chi connectivity index (χ3v) is 6.27. The Kier molecular flexibility index (Phi) is 7.96. The van der Waals surface area contributed by atoms with Crippen molar-refractivity contribution in [2.75, 3.05) is 50.8 Å². The van der Waals surface area contributed by atoms with Gasteiger partial charge in [-0.05, 0) is 31.2 Å². The average molecular weight is 457 g/mol. The zero-order valence-corrected chi connectivity index (χ0v) is 19.1. The molecule has 9 nitrogen and oxygen atoms in total. The van der Waals surface area contributed by atoms with E-state index < -0.39 is 5.97 Å². The second-order valence-corrected chi connectivity index (χ2v) is 8.46. The first-order valence-electron chi connectivity index (χ1n) is 11.7. The second-order valence-electron chi connectivity index (χ2n) is 8.46. The van der Waals surface area contributed by atoms with Crippen LogP contribution < -0.4 is 10.2 Å². The van der Waals surface area contributed by atoms with Crippen molar-refractivity contribution in [1.29, 1.82) is 0 Å². The molecule has 4 rings (SSSR count). The number of esters is 2. The summed E-state index contributed by atoms with van der Waals surface area (Å²) in [6.45, 7) is 7.05. The predicted molar refractivity (Wildman–Crippen MR) is 122 cm³/mol. The molecule has 2 aliphatic rings. The number of ether oxygens (including phenoxy) is 2. The molecule has 0 radical (unpaired) electrons. The van der Waals surface area contributed by atoms with Crippen LogP contribution in [-0.2, 0) is 20.9 Å². The van der Waals surface area contributed by atoms with Crippen molar-refractivity contribution >= 4 is 17.8 Å². The minimum absolute atomic E-state index is 0.165. The Morgan fingerprint density at radius 2 is 1.94 bits per heavy atom. The summed E-state index contributed by atoms with van der Waals surface area (Å²) in [5, 5.41) is 3.32. The van der Waals surface area contributed by atoms with Crippen molar-refractivity contribution in [2.45, 2.75) is 32.4 Å². The van der Waals surface area contributed by atoms with Crippen molar-refractivity contribution in [3.05, 3.63) is 48.0 Å². The molecule has 1 atom stereocenters. The Hall–Kier alpha value is -2.91. The molecule has 2 aliphatic heterocycles. The highest BCUT2D eigenvalue weighted by atomic mass is 16.5. The summed E-state index contributed by atoms with van der Waals surface area (Å²) in [6.07, 6.45) is 3.19. The van der Waals surface area contributed by atoms with Crippen LogP contribution in [0.4, 0.5) is 5.82 Å². The maximum atomic E-state index is 12.8. The highest BCUT2D eigenvalue weighted by Crippen LogP contribution is 2.27. The summed E-state index contributed by atoms with van der Waals surface area (Å²) in [5.74, 6) is 0.520. The zero-order valence-electron chi connectivity index (χ0n) is 19.1. The number of hydrogen-bond donors (Lipinski definition) is 1. The number of aromatic nitrogens is 1. The van der Waals surface area contributed by atoms with E-state index in [1.54, 1.807) is 6.92 Å². The summed E-state index contributed by atoms with van der Waals surface area (Å²) in [4.78, 5) is 33.5. The highest BCUT2D eigenvalue weighted by Gasteiger charge is 2.33. The molecule has 2 aromatic rings. The van der Waals surface area contributed by atoms with E-state index in [1.807, 2.05) is 30.3 Å². The third kappa shape index (κ3) is 5.91. The summed E-state index contributed by atoms with van der Waals surface area (Å²) in [5.41, 5.74) is 0.989. The van der Waals surface area contributed by atoms with Gasteiger partial charge in [0.25, 0.3) is 5.76 Å². The second kappa shape index (κ2) is 11.3. The lowest BCUT2D eigenvalue weighted by atomic mass is 9.95. The van der Waals surface area contributed by atoms with Gasteiger partial charge in [0.2, 0.25) is 0 Å². The van der Waals surface area contributed by atoms with Crippen LogP contribution in [0.3, 0.4) is 0 Å². The van der Waals surface area contributed by atoms with Crippen LogP contribution in [0, 0.1) is 5.92 Å². The highest BCUT2D eigenvalue weighted by molar-refractivity contribution is 5.91. The van der Waals surface area contributed by atoms with Gasteiger partial charge in [-0.1, -0.05) is 30.3 Å². The van der Waals surface area contributed by atoms with Crippen LogP contribution >= 0.6 is 0 Å². The average Bonchev–Trinajstić information content (AvgIpc) is 3.34. The van der Waals surface area contributed by atoms with E-state index in [2.05, 4.69) is 20.1 Å². The van der Waals surface area contributed by atoms with Crippen LogP contribution in [0.2, 0.25) is 0 Å². The van der Waals surface area contributed by atoms with E-state index in [1.165, 1.54) is 6.39 Å². The van der Waals surface area contributed by atoms with Crippen LogP contribution in [0.5, 0.6) is 0 Å². The van der Waals surface area contributed by atoms with Crippen molar-refractivity contribution in [1.82, 2.24) is 15.2 Å². The van der Waals surface area contributed by atoms with Crippen molar-refractivity contribution in [3.63, 3.8) is 0 Å². The Morgan fingerprint density at radius 3 is 2.70 bits per heavy atom. The van der Waals surface area contributed by atoms with E-state index in [9.17, 15) is 9.59 Å². The summed E-state index contributed by atoms with van der Waals surface area (Å²) in [7, 11) is 0. The van der Waals surface area contributed by atoms with E-state index in [4.69, 9.17) is 13.9 Å². The Balaban J connectivity index is 1.29. The number of carbonyl (C=O) groups is 2. The molecule has 1 aromatic heterocycles. The van der Waals surface area contributed by atoms with Crippen molar-refractivity contribution in [3.8, 4) is 0 Å². The largest absolute Gasteiger partial charge is 0.460 e. The summed E-state index contributed by atoms with van der Waals surface area (Å²) >= 11 is 0. The molecule has 33 heavy (non-hydrogen) atoms. The molecule has 2 fully saturated rings. The Morgan fingerprint density at radius 1 is 1.15 bits per heavy atom. The van der Waals surface area contributed by atoms with Gasteiger partial charge in [-0.2, -0.15) is 4.98 Å². The SMILES string of the molecule is CCOC(=O)c1ocnc1N1CCC(CN2CCNCC2C(=O)OCc2ccccc2)CC1. The standard InChI is InChI=1S/C24H32N4O5/c1-2-31-24(30)21-22(26-17-33-21)27-11-8-18(9-12-27)15-28-13-10-25-14-20(28)23(29)32-16-19-6-4-3-5-7-19/h3-7,17-18,20,25H,2,8-16H2,1H3. The van der Waals surface area contributed by atoms with Crippen LogP contribution in [0.1, 0.15) is 35.9 Å². The van der Waals surface area contributed by atoms with Gasteiger partial charge in [-0.25, -0.2) is 4.79 Å². The molecule has 0 amide bonds. The molecule has 1 N–H and O–H groups in total. The minimum Gasteiger partial charge on any atom is -0.460 e. The number of oxazole rings is 1. The van der Waals surface area contributed by atoms with Gasteiger partial charge in [0.05, 0.1) is 6.61 Å². The maximum Gasteiger partial charge on any atom is 0.378 e. The summed E-state index contributed by atoms with van der Waals surface area (Å²) < 4.78 is 16.0. The number of hydrogen-bond acceptors (Lipinski definition) is 9. The molecule has 1 aromatic carbocycles. The molecule has 1 unspecified atom stereocenters. The van der Waals surface area contributed by atoms with Crippen LogP contribution in [-0.4, -0.2) is 73.7 Å². The Bertz CT molecular complexity index is 911. The van der Waals surface area contributed by atoms with E-state index >= 15 is 0 Å². The number of anilines is 1. The summed E-state index contributed by atoms with van der Waals surface area (Å²) in [6, 6.07) is 9.48. The first-order chi connectivity index (χ1) is 16.2. The number of piperazine rings is 1. The normalized spacial score (nSPS) is 19.9. The van der Waals surface area contributed by atoms with Crippen molar-refractivity contribution < 1.29 is 23.5 Å². The van der Waals surface area contributed by atoms with Gasteiger partial charge < -0.3 is 24.1 Å². The first kappa shape index (κ1) is 23.3. The predicted octanol–water partition coefficient (Wildman–Crippen LogP) is 2.08. The fourth-order valence-corrected chi connectivity index (χ4v) is 4.48. The number of nitrogens with zero attached hydrogens (tertiary/aromatic N) is 3. The van der Waals surface area contributed by atoms with E-state index in [0.717, 1.165) is 51.1 Å². The van der Waals surface area contributed by atoms with Crippen molar-refractivity contribution in [2.24, 2.45) is 5.92 Å². The molecule has 178 valence electrons. The van der Waals surface area contributed by atoms with Gasteiger partial charge in [0.15, 0.2) is 12.2 Å². The molecular weight excluding hydrogens is 424 g/mol. The number of carbonyl (C=O) groups excluding carboxylic acids is 2. The number of piperidine rings is 1. The molecule has 0 saturated carbocycles. The number of rotatable bonds is 8. The maximum absolute atomic E-state index is 12.8. The lowest BCUT2D eigenvalue weighted by molar-refractivity contribution is -0.152. The first-order valence-corrected chi connectivity index (χ1v) is 11.7. The quantitative estimate of drug-likeness (QED) is 0.599. The fraction of sp³-hybridized carbons (Fsp3) is 0.542. The van der Waals surface area contributed by atoms with Crippen LogP contribution in [0.25, 0.3) is 0 Å².